The molecule has 0 fully saturated rings. The van der Waals surface area contributed by atoms with Crippen LogP contribution in [0.1, 0.15) is 18.5 Å². The van der Waals surface area contributed by atoms with Gasteiger partial charge in [-0.15, -0.1) is 5.10 Å². The zero-order valence-corrected chi connectivity index (χ0v) is 16.8. The first-order valence-electron chi connectivity index (χ1n) is 9.84. The van der Waals surface area contributed by atoms with Crippen molar-refractivity contribution in [3.63, 3.8) is 0 Å². The van der Waals surface area contributed by atoms with Gasteiger partial charge in [0, 0.05) is 17.0 Å². The van der Waals surface area contributed by atoms with Crippen molar-refractivity contribution in [2.75, 3.05) is 12.4 Å². The molecule has 2 heterocycles. The number of nitrogens with zero attached hydrogens (tertiary/aromatic N) is 4. The standard InChI is InChI=1S/C24H21N5O/c1-16(17-8-4-3-5-9-17)25-23-20-10-6-7-11-21(20)29-24(26-23)22(27-28-29)18-12-14-19(30-2)15-13-18/h3-16H,1-2H3,(H,25,26)/t16-/m0/s1. The number of methoxy groups -OCH3 is 1. The average molecular weight is 395 g/mol. The van der Waals surface area contributed by atoms with Crippen LogP contribution in [0.15, 0.2) is 78.9 Å². The van der Waals surface area contributed by atoms with Crippen molar-refractivity contribution in [3.05, 3.63) is 84.4 Å². The first kappa shape index (κ1) is 18.1. The molecule has 0 saturated carbocycles. The van der Waals surface area contributed by atoms with Crippen LogP contribution >= 0.6 is 0 Å². The van der Waals surface area contributed by atoms with Gasteiger partial charge in [0.05, 0.1) is 12.6 Å². The number of rotatable bonds is 5. The van der Waals surface area contributed by atoms with E-state index < -0.39 is 0 Å². The Morgan fingerprint density at radius 2 is 1.63 bits per heavy atom. The lowest BCUT2D eigenvalue weighted by atomic mass is 10.1. The van der Waals surface area contributed by atoms with Crippen LogP contribution in [-0.4, -0.2) is 26.9 Å². The Hall–Kier alpha value is -3.93. The summed E-state index contributed by atoms with van der Waals surface area (Å²) in [5, 5.41) is 13.4. The summed E-state index contributed by atoms with van der Waals surface area (Å²) < 4.78 is 7.07. The first-order valence-corrected chi connectivity index (χ1v) is 9.84. The van der Waals surface area contributed by atoms with Crippen LogP contribution in [0, 0.1) is 0 Å². The first-order chi connectivity index (χ1) is 14.7. The number of para-hydroxylation sites is 1. The van der Waals surface area contributed by atoms with Crippen LogP contribution in [0.5, 0.6) is 5.75 Å². The molecule has 3 aromatic carbocycles. The summed E-state index contributed by atoms with van der Waals surface area (Å²) in [5.41, 5.74) is 4.54. The molecule has 5 rings (SSSR count). The van der Waals surface area contributed by atoms with Gasteiger partial charge in [0.1, 0.15) is 17.3 Å². The average Bonchev–Trinajstić information content (AvgIpc) is 3.24. The Morgan fingerprint density at radius 3 is 2.40 bits per heavy atom. The highest BCUT2D eigenvalue weighted by molar-refractivity contribution is 5.93. The number of ether oxygens (including phenoxy) is 1. The van der Waals surface area contributed by atoms with Crippen molar-refractivity contribution in [2.24, 2.45) is 0 Å². The van der Waals surface area contributed by atoms with Crippen molar-refractivity contribution < 1.29 is 4.74 Å². The SMILES string of the molecule is COc1ccc(-c2nnn3c2nc(N[C@@H](C)c2ccccc2)c2ccccc23)cc1. The van der Waals surface area contributed by atoms with Gasteiger partial charge < -0.3 is 10.1 Å². The lowest BCUT2D eigenvalue weighted by molar-refractivity contribution is 0.415. The molecule has 1 N–H and O–H groups in total. The molecular weight excluding hydrogens is 374 g/mol. The summed E-state index contributed by atoms with van der Waals surface area (Å²) in [7, 11) is 1.65. The highest BCUT2D eigenvalue weighted by Gasteiger charge is 2.17. The molecule has 6 nitrogen and oxygen atoms in total. The molecule has 0 spiro atoms. The van der Waals surface area contributed by atoms with E-state index in [0.29, 0.717) is 5.65 Å². The molecule has 30 heavy (non-hydrogen) atoms. The second-order valence-electron chi connectivity index (χ2n) is 7.16. The minimum absolute atomic E-state index is 0.102. The molecule has 0 aliphatic heterocycles. The fourth-order valence-corrected chi connectivity index (χ4v) is 3.64. The molecular formula is C24H21N5O. The third-order valence-corrected chi connectivity index (χ3v) is 5.27. The quantitative estimate of drug-likeness (QED) is 0.447. The topological polar surface area (TPSA) is 64.3 Å². The monoisotopic (exact) mass is 395 g/mol. The summed E-state index contributed by atoms with van der Waals surface area (Å²) >= 11 is 0. The fourth-order valence-electron chi connectivity index (χ4n) is 3.64. The Bertz CT molecular complexity index is 1310. The van der Waals surface area contributed by atoms with Gasteiger partial charge in [-0.1, -0.05) is 47.7 Å². The van der Waals surface area contributed by atoms with E-state index in [1.807, 2.05) is 60.7 Å². The number of nitrogens with one attached hydrogen (secondary N) is 1. The molecule has 0 aliphatic rings. The van der Waals surface area contributed by atoms with E-state index in [2.05, 4.69) is 40.8 Å². The number of anilines is 1. The van der Waals surface area contributed by atoms with Crippen molar-refractivity contribution >= 4 is 22.4 Å². The number of fused-ring (bicyclic) bond motifs is 3. The highest BCUT2D eigenvalue weighted by atomic mass is 16.5. The summed E-state index contributed by atoms with van der Waals surface area (Å²) in [5.74, 6) is 1.61. The molecule has 6 heteroatoms. The Morgan fingerprint density at radius 1 is 0.900 bits per heavy atom. The van der Waals surface area contributed by atoms with E-state index in [1.54, 1.807) is 11.6 Å². The summed E-state index contributed by atoms with van der Waals surface area (Å²) in [6.45, 7) is 2.13. The van der Waals surface area contributed by atoms with Crippen molar-refractivity contribution in [1.29, 1.82) is 0 Å². The molecule has 1 atom stereocenters. The molecule has 0 bridgehead atoms. The maximum atomic E-state index is 5.27. The lowest BCUT2D eigenvalue weighted by Gasteiger charge is -2.17. The third kappa shape index (κ3) is 3.12. The predicted octanol–water partition coefficient (Wildman–Crippen LogP) is 5.13. The van der Waals surface area contributed by atoms with Crippen LogP contribution in [-0.2, 0) is 0 Å². The fraction of sp³-hybridized carbons (Fsp3) is 0.125. The number of aromatic nitrogens is 4. The molecule has 2 aromatic heterocycles. The van der Waals surface area contributed by atoms with Crippen LogP contribution in [0.25, 0.3) is 27.8 Å². The van der Waals surface area contributed by atoms with Gasteiger partial charge in [-0.05, 0) is 48.9 Å². The second-order valence-corrected chi connectivity index (χ2v) is 7.16. The van der Waals surface area contributed by atoms with Crippen LogP contribution in [0.2, 0.25) is 0 Å². The molecule has 0 saturated heterocycles. The van der Waals surface area contributed by atoms with E-state index in [-0.39, 0.29) is 6.04 Å². The van der Waals surface area contributed by atoms with Crippen LogP contribution < -0.4 is 10.1 Å². The van der Waals surface area contributed by atoms with E-state index >= 15 is 0 Å². The van der Waals surface area contributed by atoms with Gasteiger partial charge in [-0.2, -0.15) is 4.52 Å². The Kier molecular flexibility index (Phi) is 4.52. The van der Waals surface area contributed by atoms with Crippen molar-refractivity contribution in [2.45, 2.75) is 13.0 Å². The second kappa shape index (κ2) is 7.48. The van der Waals surface area contributed by atoms with Gasteiger partial charge in [0.25, 0.3) is 0 Å². The maximum absolute atomic E-state index is 5.27. The maximum Gasteiger partial charge on any atom is 0.186 e. The predicted molar refractivity (Wildman–Crippen MR) is 119 cm³/mol. The summed E-state index contributed by atoms with van der Waals surface area (Å²) in [4.78, 5) is 4.94. The lowest BCUT2D eigenvalue weighted by Crippen LogP contribution is -2.09. The van der Waals surface area contributed by atoms with Gasteiger partial charge in [0.15, 0.2) is 5.65 Å². The largest absolute Gasteiger partial charge is 0.497 e. The van der Waals surface area contributed by atoms with E-state index in [1.165, 1.54) is 5.56 Å². The number of hydrogen-bond acceptors (Lipinski definition) is 5. The van der Waals surface area contributed by atoms with Crippen LogP contribution in [0.3, 0.4) is 0 Å². The smallest absolute Gasteiger partial charge is 0.186 e. The van der Waals surface area contributed by atoms with E-state index in [0.717, 1.165) is 33.7 Å². The number of hydrogen-bond donors (Lipinski definition) is 1. The number of benzene rings is 3. The van der Waals surface area contributed by atoms with Crippen LogP contribution in [0.4, 0.5) is 5.82 Å². The molecule has 148 valence electrons. The minimum atomic E-state index is 0.102. The minimum Gasteiger partial charge on any atom is -0.497 e. The molecule has 0 unspecified atom stereocenters. The van der Waals surface area contributed by atoms with Gasteiger partial charge in [-0.3, -0.25) is 0 Å². The highest BCUT2D eigenvalue weighted by Crippen LogP contribution is 2.30. The zero-order valence-electron chi connectivity index (χ0n) is 16.8. The molecule has 0 amide bonds. The van der Waals surface area contributed by atoms with Crippen molar-refractivity contribution in [1.82, 2.24) is 19.8 Å². The molecule has 0 aliphatic carbocycles. The van der Waals surface area contributed by atoms with Gasteiger partial charge >= 0.3 is 0 Å². The molecule has 0 radical (unpaired) electrons. The van der Waals surface area contributed by atoms with Crippen molar-refractivity contribution in [3.8, 4) is 17.0 Å². The third-order valence-electron chi connectivity index (χ3n) is 5.27. The van der Waals surface area contributed by atoms with E-state index in [9.17, 15) is 0 Å². The van der Waals surface area contributed by atoms with Gasteiger partial charge in [0.2, 0.25) is 0 Å². The zero-order chi connectivity index (χ0) is 20.5. The molecule has 5 aromatic rings. The summed E-state index contributed by atoms with van der Waals surface area (Å²) in [6, 6.07) is 26.3. The normalized spacial score (nSPS) is 12.2. The van der Waals surface area contributed by atoms with Gasteiger partial charge in [-0.25, -0.2) is 4.98 Å². The Labute approximate surface area is 174 Å². The Balaban J connectivity index is 1.65. The van der Waals surface area contributed by atoms with E-state index in [4.69, 9.17) is 9.72 Å². The summed E-state index contributed by atoms with van der Waals surface area (Å²) in [6.07, 6.45) is 0.